The van der Waals surface area contributed by atoms with E-state index in [1.54, 1.807) is 0 Å². The van der Waals surface area contributed by atoms with E-state index in [-0.39, 0.29) is 17.6 Å². The van der Waals surface area contributed by atoms with E-state index in [0.29, 0.717) is 12.3 Å². The number of carbonyl (C=O) groups is 1. The van der Waals surface area contributed by atoms with Crippen molar-refractivity contribution >= 4 is 11.7 Å². The molecule has 0 aromatic heterocycles. The van der Waals surface area contributed by atoms with Crippen molar-refractivity contribution in [1.29, 1.82) is 0 Å². The molecule has 0 unspecified atom stereocenters. The molecule has 5 nitrogen and oxygen atoms in total. The molecule has 96 valence electrons. The maximum Gasteiger partial charge on any atom is 0.356 e. The summed E-state index contributed by atoms with van der Waals surface area (Å²) in [6.45, 7) is 8.43. The average Bonchev–Trinajstić information content (AvgIpc) is 2.84. The number of ether oxygens (including phenoxy) is 1. The Morgan fingerprint density at radius 2 is 2.18 bits per heavy atom. The van der Waals surface area contributed by atoms with Gasteiger partial charge in [-0.2, -0.15) is 5.10 Å². The van der Waals surface area contributed by atoms with Gasteiger partial charge in [0.25, 0.3) is 0 Å². The Morgan fingerprint density at radius 1 is 1.53 bits per heavy atom. The molecule has 0 spiro atoms. The van der Waals surface area contributed by atoms with E-state index in [1.807, 2.05) is 6.92 Å². The van der Waals surface area contributed by atoms with Gasteiger partial charge in [0.15, 0.2) is 5.71 Å². The van der Waals surface area contributed by atoms with Crippen LogP contribution >= 0.6 is 0 Å². The van der Waals surface area contributed by atoms with Crippen molar-refractivity contribution in [3.8, 4) is 0 Å². The zero-order valence-electron chi connectivity index (χ0n) is 10.8. The van der Waals surface area contributed by atoms with Crippen LogP contribution in [0.2, 0.25) is 0 Å². The molecule has 0 radical (unpaired) electrons. The van der Waals surface area contributed by atoms with Gasteiger partial charge in [-0.1, -0.05) is 0 Å². The van der Waals surface area contributed by atoms with Crippen molar-refractivity contribution in [2.24, 2.45) is 5.10 Å². The lowest BCUT2D eigenvalue weighted by Gasteiger charge is -2.34. The highest BCUT2D eigenvalue weighted by Crippen LogP contribution is 2.26. The maximum absolute atomic E-state index is 11.9. The summed E-state index contributed by atoms with van der Waals surface area (Å²) >= 11 is 0. The van der Waals surface area contributed by atoms with Crippen molar-refractivity contribution in [2.75, 3.05) is 19.7 Å². The summed E-state index contributed by atoms with van der Waals surface area (Å²) in [5.74, 6) is -0.289. The smallest absolute Gasteiger partial charge is 0.356 e. The first-order chi connectivity index (χ1) is 8.06. The van der Waals surface area contributed by atoms with Crippen molar-refractivity contribution in [1.82, 2.24) is 10.3 Å². The molecule has 0 saturated carbocycles. The number of nitrogens with zero attached hydrogens (tertiary/aromatic N) is 2. The van der Waals surface area contributed by atoms with E-state index in [2.05, 4.69) is 29.3 Å². The summed E-state index contributed by atoms with van der Waals surface area (Å²) in [6.07, 6.45) is 2.39. The van der Waals surface area contributed by atoms with Gasteiger partial charge in [0.2, 0.25) is 0 Å². The molecule has 2 aliphatic heterocycles. The summed E-state index contributed by atoms with van der Waals surface area (Å²) in [7, 11) is 0. The Morgan fingerprint density at radius 3 is 2.76 bits per heavy atom. The number of carbonyl (C=O) groups excluding carboxylic acids is 1. The number of hydrogen-bond acceptors (Lipinski definition) is 5. The molecule has 0 aromatic carbocycles. The minimum absolute atomic E-state index is 0.0315. The Hall–Kier alpha value is -1.10. The van der Waals surface area contributed by atoms with Crippen LogP contribution < -0.4 is 5.43 Å². The molecule has 0 bridgehead atoms. The lowest BCUT2D eigenvalue weighted by molar-refractivity contribution is -0.135. The molecule has 1 fully saturated rings. The fourth-order valence-corrected chi connectivity index (χ4v) is 2.66. The van der Waals surface area contributed by atoms with Crippen LogP contribution in [0.25, 0.3) is 0 Å². The largest absolute Gasteiger partial charge is 0.461 e. The van der Waals surface area contributed by atoms with E-state index < -0.39 is 0 Å². The van der Waals surface area contributed by atoms with Crippen LogP contribution in [0.15, 0.2) is 5.10 Å². The van der Waals surface area contributed by atoms with E-state index >= 15 is 0 Å². The summed E-state index contributed by atoms with van der Waals surface area (Å²) in [4.78, 5) is 14.2. The van der Waals surface area contributed by atoms with Gasteiger partial charge in [0, 0.05) is 0 Å². The summed E-state index contributed by atoms with van der Waals surface area (Å²) in [6, 6.07) is 0.0315. The summed E-state index contributed by atoms with van der Waals surface area (Å²) in [5, 5.41) is 4.18. The van der Waals surface area contributed by atoms with Gasteiger partial charge >= 0.3 is 5.97 Å². The number of esters is 1. The highest BCUT2D eigenvalue weighted by molar-refractivity contribution is 6.39. The first-order valence-electron chi connectivity index (χ1n) is 6.32. The molecule has 1 atom stereocenters. The van der Waals surface area contributed by atoms with Crippen LogP contribution in [0.3, 0.4) is 0 Å². The molecule has 0 amide bonds. The second kappa shape index (κ2) is 4.64. The topological polar surface area (TPSA) is 53.9 Å². The highest BCUT2D eigenvalue weighted by Gasteiger charge is 2.46. The average molecular weight is 239 g/mol. The predicted octanol–water partition coefficient (Wildman–Crippen LogP) is 0.752. The molecule has 2 rings (SSSR count). The van der Waals surface area contributed by atoms with Crippen LogP contribution in [0.4, 0.5) is 0 Å². The number of hydrogen-bond donors (Lipinski definition) is 1. The fourth-order valence-electron chi connectivity index (χ4n) is 2.66. The predicted molar refractivity (Wildman–Crippen MR) is 65.9 cm³/mol. The third-order valence-corrected chi connectivity index (χ3v) is 3.40. The Bertz CT molecular complexity index is 333. The van der Waals surface area contributed by atoms with E-state index in [1.165, 1.54) is 12.8 Å². The normalized spacial score (nSPS) is 27.7. The fraction of sp³-hybridized carbons (Fsp3) is 0.833. The number of nitrogens with one attached hydrogen (secondary N) is 1. The van der Waals surface area contributed by atoms with Gasteiger partial charge in [-0.25, -0.2) is 4.79 Å². The minimum atomic E-state index is -0.289. The Labute approximate surface area is 102 Å². The SMILES string of the molecule is CCOC(=O)C1=NNC(C)(C)[C@H]1N1CCCC1. The van der Waals surface area contributed by atoms with E-state index in [4.69, 9.17) is 4.74 Å². The molecular weight excluding hydrogens is 218 g/mol. The molecule has 1 N–H and O–H groups in total. The second-order valence-corrected chi connectivity index (χ2v) is 5.20. The van der Waals surface area contributed by atoms with Gasteiger partial charge < -0.3 is 10.2 Å². The molecule has 17 heavy (non-hydrogen) atoms. The number of likely N-dealkylation sites (tertiary alicyclic amines) is 1. The number of rotatable bonds is 3. The highest BCUT2D eigenvalue weighted by atomic mass is 16.5. The van der Waals surface area contributed by atoms with Gasteiger partial charge in [0.05, 0.1) is 18.2 Å². The number of hydrazone groups is 1. The molecular formula is C12H21N3O2. The monoisotopic (exact) mass is 239 g/mol. The van der Waals surface area contributed by atoms with E-state index in [9.17, 15) is 4.79 Å². The quantitative estimate of drug-likeness (QED) is 0.738. The lowest BCUT2D eigenvalue weighted by Crippen LogP contribution is -2.55. The van der Waals surface area contributed by atoms with Crippen LogP contribution in [0.5, 0.6) is 0 Å². The van der Waals surface area contributed by atoms with Crippen molar-refractivity contribution in [3.05, 3.63) is 0 Å². The van der Waals surface area contributed by atoms with Crippen LogP contribution in [0.1, 0.15) is 33.6 Å². The molecule has 0 aromatic rings. The first-order valence-corrected chi connectivity index (χ1v) is 6.32. The Balaban J connectivity index is 2.17. The Kier molecular flexibility index (Phi) is 3.38. The van der Waals surface area contributed by atoms with Crippen LogP contribution in [0, 0.1) is 0 Å². The van der Waals surface area contributed by atoms with Gasteiger partial charge in [-0.15, -0.1) is 0 Å². The zero-order chi connectivity index (χ0) is 12.5. The van der Waals surface area contributed by atoms with Crippen LogP contribution in [-0.2, 0) is 9.53 Å². The van der Waals surface area contributed by atoms with Gasteiger partial charge in [0.1, 0.15) is 0 Å². The molecule has 0 aliphatic carbocycles. The standard InChI is InChI=1S/C12H21N3O2/c1-4-17-11(16)9-10(12(2,3)14-13-9)15-7-5-6-8-15/h10,14H,4-8H2,1-3H3/t10-/m0/s1. The molecule has 2 aliphatic rings. The molecule has 5 heteroatoms. The molecule has 2 heterocycles. The van der Waals surface area contributed by atoms with Gasteiger partial charge in [-0.3, -0.25) is 4.90 Å². The van der Waals surface area contributed by atoms with Crippen molar-refractivity contribution in [2.45, 2.75) is 45.2 Å². The third-order valence-electron chi connectivity index (χ3n) is 3.40. The lowest BCUT2D eigenvalue weighted by atomic mass is 9.91. The van der Waals surface area contributed by atoms with E-state index in [0.717, 1.165) is 13.1 Å². The first kappa shape index (κ1) is 12.4. The second-order valence-electron chi connectivity index (χ2n) is 5.20. The van der Waals surface area contributed by atoms with Crippen molar-refractivity contribution < 1.29 is 9.53 Å². The zero-order valence-corrected chi connectivity index (χ0v) is 10.8. The van der Waals surface area contributed by atoms with Crippen LogP contribution in [-0.4, -0.2) is 47.9 Å². The summed E-state index contributed by atoms with van der Waals surface area (Å²) in [5.41, 5.74) is 3.38. The van der Waals surface area contributed by atoms with Crippen molar-refractivity contribution in [3.63, 3.8) is 0 Å². The third kappa shape index (κ3) is 2.29. The summed E-state index contributed by atoms with van der Waals surface area (Å²) < 4.78 is 5.07. The minimum Gasteiger partial charge on any atom is -0.461 e. The molecule has 1 saturated heterocycles. The van der Waals surface area contributed by atoms with Gasteiger partial charge in [-0.05, 0) is 46.7 Å². The maximum atomic E-state index is 11.9.